The molecule has 0 aliphatic carbocycles. The van der Waals surface area contributed by atoms with Gasteiger partial charge in [-0.05, 0) is 19.8 Å². The molecule has 0 radical (unpaired) electrons. The van der Waals surface area contributed by atoms with Crippen LogP contribution in [-0.2, 0) is 9.53 Å². The van der Waals surface area contributed by atoms with Crippen molar-refractivity contribution in [3.05, 3.63) is 42.7 Å². The first kappa shape index (κ1) is 15.7. The van der Waals surface area contributed by atoms with Crippen LogP contribution in [0.25, 0.3) is 11.4 Å². The number of hydrogen-bond acceptors (Lipinski definition) is 3. The molecule has 1 amide bonds. The van der Waals surface area contributed by atoms with E-state index in [1.165, 1.54) is 0 Å². The third-order valence-corrected chi connectivity index (χ3v) is 4.50. The number of hydrogen-bond donors (Lipinski definition) is 0. The highest BCUT2D eigenvalue weighted by molar-refractivity contribution is 5.81. The first-order valence-electron chi connectivity index (χ1n) is 8.10. The number of carbonyl (C=O) groups is 1. The second kappa shape index (κ2) is 6.96. The Bertz CT molecular complexity index is 653. The SMILES string of the molecule is CO[C@@H]1CCCN(C(=O)[C@H](C)n2ccnc2-c2ccccc2)C1. The van der Waals surface area contributed by atoms with E-state index < -0.39 is 0 Å². The third-order valence-electron chi connectivity index (χ3n) is 4.50. The molecule has 5 nitrogen and oxygen atoms in total. The van der Waals surface area contributed by atoms with E-state index in [9.17, 15) is 4.79 Å². The van der Waals surface area contributed by atoms with Crippen LogP contribution in [0, 0.1) is 0 Å². The lowest BCUT2D eigenvalue weighted by Crippen LogP contribution is -2.45. The normalized spacial score (nSPS) is 19.6. The number of likely N-dealkylation sites (tertiary alicyclic amines) is 1. The summed E-state index contributed by atoms with van der Waals surface area (Å²) in [5.74, 6) is 0.952. The minimum Gasteiger partial charge on any atom is -0.380 e. The van der Waals surface area contributed by atoms with Gasteiger partial charge in [-0.2, -0.15) is 0 Å². The van der Waals surface area contributed by atoms with E-state index in [4.69, 9.17) is 4.74 Å². The maximum absolute atomic E-state index is 12.9. The summed E-state index contributed by atoms with van der Waals surface area (Å²) in [6.07, 6.45) is 5.79. The first-order valence-corrected chi connectivity index (χ1v) is 8.10. The molecular formula is C18H23N3O2. The second-order valence-electron chi connectivity index (χ2n) is 5.98. The van der Waals surface area contributed by atoms with Gasteiger partial charge in [-0.1, -0.05) is 30.3 Å². The van der Waals surface area contributed by atoms with Crippen molar-refractivity contribution in [1.29, 1.82) is 0 Å². The fourth-order valence-electron chi connectivity index (χ4n) is 3.15. The Labute approximate surface area is 136 Å². The molecule has 0 saturated carbocycles. The lowest BCUT2D eigenvalue weighted by atomic mass is 10.1. The average Bonchev–Trinajstić information content (AvgIpc) is 3.11. The van der Waals surface area contributed by atoms with Gasteiger partial charge in [0.25, 0.3) is 0 Å². The van der Waals surface area contributed by atoms with Crippen molar-refractivity contribution < 1.29 is 9.53 Å². The van der Waals surface area contributed by atoms with Crippen molar-refractivity contribution in [2.24, 2.45) is 0 Å². The van der Waals surface area contributed by atoms with E-state index in [2.05, 4.69) is 4.98 Å². The Morgan fingerprint density at radius 2 is 2.13 bits per heavy atom. The number of rotatable bonds is 4. The molecule has 1 saturated heterocycles. The molecule has 0 spiro atoms. The van der Waals surface area contributed by atoms with Crippen LogP contribution in [0.3, 0.4) is 0 Å². The van der Waals surface area contributed by atoms with E-state index in [1.807, 2.05) is 52.9 Å². The summed E-state index contributed by atoms with van der Waals surface area (Å²) in [6.45, 7) is 3.42. The van der Waals surface area contributed by atoms with E-state index in [0.717, 1.165) is 30.8 Å². The van der Waals surface area contributed by atoms with Gasteiger partial charge < -0.3 is 14.2 Å². The van der Waals surface area contributed by atoms with Crippen LogP contribution in [0.1, 0.15) is 25.8 Å². The number of nitrogens with zero attached hydrogens (tertiary/aromatic N) is 3. The van der Waals surface area contributed by atoms with Crippen LogP contribution in [-0.4, -0.2) is 46.7 Å². The summed E-state index contributed by atoms with van der Waals surface area (Å²) in [5.41, 5.74) is 1.02. The molecule has 2 aromatic rings. The summed E-state index contributed by atoms with van der Waals surface area (Å²) in [7, 11) is 1.71. The number of piperidine rings is 1. The quantitative estimate of drug-likeness (QED) is 0.872. The number of aromatic nitrogens is 2. The second-order valence-corrected chi connectivity index (χ2v) is 5.98. The van der Waals surface area contributed by atoms with Crippen LogP contribution in [0.5, 0.6) is 0 Å². The zero-order valence-electron chi connectivity index (χ0n) is 13.7. The molecule has 5 heteroatoms. The molecule has 2 heterocycles. The van der Waals surface area contributed by atoms with E-state index in [1.54, 1.807) is 13.3 Å². The Morgan fingerprint density at radius 3 is 2.87 bits per heavy atom. The van der Waals surface area contributed by atoms with Gasteiger partial charge >= 0.3 is 0 Å². The van der Waals surface area contributed by atoms with Crippen molar-refractivity contribution >= 4 is 5.91 Å². The number of imidazole rings is 1. The molecule has 23 heavy (non-hydrogen) atoms. The fraction of sp³-hybridized carbons (Fsp3) is 0.444. The lowest BCUT2D eigenvalue weighted by molar-refractivity contribution is -0.137. The smallest absolute Gasteiger partial charge is 0.245 e. The average molecular weight is 313 g/mol. The molecule has 1 aromatic carbocycles. The number of benzene rings is 1. The van der Waals surface area contributed by atoms with Gasteiger partial charge in [-0.15, -0.1) is 0 Å². The maximum atomic E-state index is 12.9. The summed E-state index contributed by atoms with van der Waals surface area (Å²) < 4.78 is 7.37. The van der Waals surface area contributed by atoms with Crippen molar-refractivity contribution in [1.82, 2.24) is 14.5 Å². The summed E-state index contributed by atoms with van der Waals surface area (Å²) in [6, 6.07) is 9.69. The molecule has 0 bridgehead atoms. The highest BCUT2D eigenvalue weighted by Gasteiger charge is 2.28. The molecule has 0 unspecified atom stereocenters. The lowest BCUT2D eigenvalue weighted by Gasteiger charge is -2.34. The minimum absolute atomic E-state index is 0.127. The molecule has 1 fully saturated rings. The standard InChI is InChI=1S/C18H23N3O2/c1-14(18(22)20-11-6-9-16(13-20)23-2)21-12-10-19-17(21)15-7-4-3-5-8-15/h3-5,7-8,10,12,14,16H,6,9,11,13H2,1-2H3/t14-,16+/m0/s1. The van der Waals surface area contributed by atoms with Gasteiger partial charge in [-0.25, -0.2) is 4.98 Å². The van der Waals surface area contributed by atoms with Crippen LogP contribution in [0.2, 0.25) is 0 Å². The van der Waals surface area contributed by atoms with Crippen LogP contribution in [0.4, 0.5) is 0 Å². The molecule has 1 aromatic heterocycles. The summed E-state index contributed by atoms with van der Waals surface area (Å²) in [5, 5.41) is 0. The van der Waals surface area contributed by atoms with Gasteiger partial charge in [0.15, 0.2) is 0 Å². The Morgan fingerprint density at radius 1 is 1.35 bits per heavy atom. The molecule has 2 atom stereocenters. The van der Waals surface area contributed by atoms with Crippen LogP contribution < -0.4 is 0 Å². The Balaban J connectivity index is 1.80. The molecule has 3 rings (SSSR count). The molecule has 122 valence electrons. The summed E-state index contributed by atoms with van der Waals surface area (Å²) in [4.78, 5) is 19.2. The predicted molar refractivity (Wildman–Crippen MR) is 89.0 cm³/mol. The Hall–Kier alpha value is -2.14. The summed E-state index contributed by atoms with van der Waals surface area (Å²) >= 11 is 0. The highest BCUT2D eigenvalue weighted by Crippen LogP contribution is 2.23. The minimum atomic E-state index is -0.275. The van der Waals surface area contributed by atoms with Crippen molar-refractivity contribution in [3.8, 4) is 11.4 Å². The van der Waals surface area contributed by atoms with Gasteiger partial charge in [0.05, 0.1) is 6.10 Å². The molecular weight excluding hydrogens is 290 g/mol. The van der Waals surface area contributed by atoms with Crippen molar-refractivity contribution in [3.63, 3.8) is 0 Å². The fourth-order valence-corrected chi connectivity index (χ4v) is 3.15. The maximum Gasteiger partial charge on any atom is 0.245 e. The van der Waals surface area contributed by atoms with E-state index in [-0.39, 0.29) is 18.1 Å². The van der Waals surface area contributed by atoms with E-state index in [0.29, 0.717) is 6.54 Å². The van der Waals surface area contributed by atoms with Crippen LogP contribution >= 0.6 is 0 Å². The molecule has 1 aliphatic rings. The highest BCUT2D eigenvalue weighted by atomic mass is 16.5. The van der Waals surface area contributed by atoms with Crippen LogP contribution in [0.15, 0.2) is 42.7 Å². The van der Waals surface area contributed by atoms with Crippen molar-refractivity contribution in [2.45, 2.75) is 31.9 Å². The number of methoxy groups -OCH3 is 1. The molecule has 0 N–H and O–H groups in total. The number of ether oxygens (including phenoxy) is 1. The van der Waals surface area contributed by atoms with Gasteiger partial charge in [0.1, 0.15) is 11.9 Å². The number of carbonyl (C=O) groups excluding carboxylic acids is 1. The van der Waals surface area contributed by atoms with Gasteiger partial charge in [-0.3, -0.25) is 4.79 Å². The Kier molecular flexibility index (Phi) is 4.76. The zero-order valence-corrected chi connectivity index (χ0v) is 13.7. The first-order chi connectivity index (χ1) is 11.2. The number of amides is 1. The van der Waals surface area contributed by atoms with Crippen molar-refractivity contribution in [2.75, 3.05) is 20.2 Å². The van der Waals surface area contributed by atoms with E-state index >= 15 is 0 Å². The van der Waals surface area contributed by atoms with Gasteiger partial charge in [0.2, 0.25) is 5.91 Å². The topological polar surface area (TPSA) is 47.4 Å². The van der Waals surface area contributed by atoms with Gasteiger partial charge in [0, 0.05) is 38.2 Å². The predicted octanol–water partition coefficient (Wildman–Crippen LogP) is 2.75. The molecule has 1 aliphatic heterocycles. The third kappa shape index (κ3) is 3.29. The zero-order chi connectivity index (χ0) is 16.2. The largest absolute Gasteiger partial charge is 0.380 e. The monoisotopic (exact) mass is 313 g/mol.